The topological polar surface area (TPSA) is 71.5 Å². The van der Waals surface area contributed by atoms with Gasteiger partial charge in [-0.1, -0.05) is 48.0 Å². The van der Waals surface area contributed by atoms with Crippen LogP contribution in [0.25, 0.3) is 0 Å². The second-order valence-electron chi connectivity index (χ2n) is 6.81. The van der Waals surface area contributed by atoms with E-state index >= 15 is 0 Å². The van der Waals surface area contributed by atoms with Crippen LogP contribution in [0, 0.1) is 12.7 Å². The molecule has 1 atom stereocenters. The number of sulfone groups is 1. The van der Waals surface area contributed by atoms with Gasteiger partial charge < -0.3 is 0 Å². The summed E-state index contributed by atoms with van der Waals surface area (Å²) in [5.41, 5.74) is 1.79. The highest BCUT2D eigenvalue weighted by atomic mass is 32.2. The van der Waals surface area contributed by atoms with E-state index in [4.69, 9.17) is 0 Å². The highest BCUT2D eigenvalue weighted by molar-refractivity contribution is 7.91. The first-order chi connectivity index (χ1) is 12.7. The van der Waals surface area contributed by atoms with Gasteiger partial charge in [0.1, 0.15) is 5.82 Å². The van der Waals surface area contributed by atoms with E-state index in [9.17, 15) is 21.2 Å². The molecule has 0 aliphatic carbocycles. The van der Waals surface area contributed by atoms with E-state index in [2.05, 4.69) is 0 Å². The van der Waals surface area contributed by atoms with E-state index in [1.54, 1.807) is 18.2 Å². The van der Waals surface area contributed by atoms with Gasteiger partial charge in [0.15, 0.2) is 9.84 Å². The molecule has 27 heavy (non-hydrogen) atoms. The third kappa shape index (κ3) is 4.56. The summed E-state index contributed by atoms with van der Waals surface area (Å²) in [6, 6.07) is 13.0. The van der Waals surface area contributed by atoms with Crippen LogP contribution >= 0.6 is 0 Å². The van der Waals surface area contributed by atoms with Crippen molar-refractivity contribution in [1.29, 1.82) is 0 Å². The van der Waals surface area contributed by atoms with E-state index in [0.29, 0.717) is 5.56 Å². The number of benzene rings is 2. The predicted octanol–water partition coefficient (Wildman–Crippen LogP) is 2.83. The Kier molecular flexibility index (Phi) is 5.69. The normalized spacial score (nSPS) is 20.9. The van der Waals surface area contributed by atoms with Crippen molar-refractivity contribution in [3.63, 3.8) is 0 Å². The lowest BCUT2D eigenvalue weighted by atomic mass is 10.1. The zero-order chi connectivity index (χ0) is 19.7. The number of halogens is 1. The molecular weight excluding hydrogens is 389 g/mol. The highest BCUT2D eigenvalue weighted by Crippen LogP contribution is 2.32. The average molecular weight is 412 g/mol. The van der Waals surface area contributed by atoms with Crippen LogP contribution in [-0.2, 0) is 25.6 Å². The van der Waals surface area contributed by atoms with E-state index in [1.165, 1.54) is 22.5 Å². The lowest BCUT2D eigenvalue weighted by Crippen LogP contribution is -2.34. The lowest BCUT2D eigenvalue weighted by molar-refractivity contribution is 0.426. The maximum absolute atomic E-state index is 14.1. The van der Waals surface area contributed by atoms with Gasteiger partial charge in [-0.2, -0.15) is 0 Å². The number of hydrogen-bond acceptors (Lipinski definition) is 4. The van der Waals surface area contributed by atoms with E-state index in [-0.39, 0.29) is 36.6 Å². The first-order valence-corrected chi connectivity index (χ1v) is 12.0. The number of hydrogen-bond donors (Lipinski definition) is 0. The van der Waals surface area contributed by atoms with Gasteiger partial charge in [-0.15, -0.1) is 0 Å². The SMILES string of the molecule is Cc1ccc(CS(=O)(=O)N2CCC(c3ccccc3F)S(=O)(=O)CC2)cc1. The Balaban J connectivity index is 1.82. The molecule has 0 bridgehead atoms. The molecule has 8 heteroatoms. The molecule has 146 valence electrons. The fraction of sp³-hybridized carbons (Fsp3) is 0.368. The summed E-state index contributed by atoms with van der Waals surface area (Å²) in [7, 11) is -7.32. The molecule has 1 unspecified atom stereocenters. The summed E-state index contributed by atoms with van der Waals surface area (Å²) in [6.45, 7) is 1.86. The van der Waals surface area contributed by atoms with Crippen molar-refractivity contribution >= 4 is 19.9 Å². The molecule has 2 aromatic rings. The summed E-state index contributed by atoms with van der Waals surface area (Å²) in [5.74, 6) is -1.08. The molecule has 1 aliphatic rings. The van der Waals surface area contributed by atoms with Crippen molar-refractivity contribution in [3.05, 3.63) is 71.0 Å². The maximum Gasteiger partial charge on any atom is 0.218 e. The van der Waals surface area contributed by atoms with Crippen molar-refractivity contribution in [2.45, 2.75) is 24.3 Å². The number of rotatable bonds is 4. The fourth-order valence-electron chi connectivity index (χ4n) is 3.27. The first kappa shape index (κ1) is 20.0. The lowest BCUT2D eigenvalue weighted by Gasteiger charge is -2.20. The van der Waals surface area contributed by atoms with Crippen molar-refractivity contribution < 1.29 is 21.2 Å². The van der Waals surface area contributed by atoms with Gasteiger partial charge in [-0.3, -0.25) is 0 Å². The quantitative estimate of drug-likeness (QED) is 0.776. The zero-order valence-corrected chi connectivity index (χ0v) is 16.6. The predicted molar refractivity (Wildman–Crippen MR) is 103 cm³/mol. The first-order valence-electron chi connectivity index (χ1n) is 8.68. The molecule has 0 radical (unpaired) electrons. The second kappa shape index (κ2) is 7.69. The molecule has 3 rings (SSSR count). The molecule has 0 saturated carbocycles. The van der Waals surface area contributed by atoms with E-state index < -0.39 is 30.9 Å². The molecule has 5 nitrogen and oxygen atoms in total. The van der Waals surface area contributed by atoms with Gasteiger partial charge in [-0.05, 0) is 25.0 Å². The summed E-state index contributed by atoms with van der Waals surface area (Å²) in [5, 5.41) is -1.03. The molecule has 1 heterocycles. The maximum atomic E-state index is 14.1. The van der Waals surface area contributed by atoms with Crippen LogP contribution < -0.4 is 0 Å². The van der Waals surface area contributed by atoms with Crippen LogP contribution in [0.2, 0.25) is 0 Å². The van der Waals surface area contributed by atoms with Crippen LogP contribution in [0.15, 0.2) is 48.5 Å². The van der Waals surface area contributed by atoms with Gasteiger partial charge in [0.05, 0.1) is 16.8 Å². The Morgan fingerprint density at radius 1 is 1.07 bits per heavy atom. The van der Waals surface area contributed by atoms with Crippen LogP contribution in [0.3, 0.4) is 0 Å². The molecule has 1 fully saturated rings. The number of aryl methyl sites for hydroxylation is 1. The van der Waals surface area contributed by atoms with Crippen LogP contribution in [-0.4, -0.2) is 40.0 Å². The third-order valence-electron chi connectivity index (χ3n) is 4.81. The molecule has 0 aromatic heterocycles. The molecule has 1 saturated heterocycles. The smallest absolute Gasteiger partial charge is 0.218 e. The standard InChI is InChI=1S/C19H22FNO4S2/c1-15-6-8-16(9-7-15)14-27(24,25)21-11-10-19(26(22,23)13-12-21)17-4-2-3-5-18(17)20/h2-9,19H,10-14H2,1H3. The summed E-state index contributed by atoms with van der Waals surface area (Å²) in [4.78, 5) is 0. The highest BCUT2D eigenvalue weighted by Gasteiger charge is 2.36. The Hall–Kier alpha value is -1.77. The van der Waals surface area contributed by atoms with Crippen molar-refractivity contribution in [2.75, 3.05) is 18.8 Å². The Labute approximate surface area is 159 Å². The molecule has 0 N–H and O–H groups in total. The molecular formula is C19H22FNO4S2. The Morgan fingerprint density at radius 3 is 2.41 bits per heavy atom. The average Bonchev–Trinajstić information content (AvgIpc) is 2.76. The molecule has 2 aromatic carbocycles. The van der Waals surface area contributed by atoms with Gasteiger partial charge in [0.2, 0.25) is 10.0 Å². The summed E-state index contributed by atoms with van der Waals surface area (Å²) < 4.78 is 66.1. The van der Waals surface area contributed by atoms with Gasteiger partial charge >= 0.3 is 0 Å². The van der Waals surface area contributed by atoms with Crippen LogP contribution in [0.5, 0.6) is 0 Å². The summed E-state index contributed by atoms with van der Waals surface area (Å²) in [6.07, 6.45) is 0.0381. The second-order valence-corrected chi connectivity index (χ2v) is 11.1. The number of nitrogens with zero attached hydrogens (tertiary/aromatic N) is 1. The van der Waals surface area contributed by atoms with Crippen LogP contribution in [0.1, 0.15) is 28.4 Å². The summed E-state index contributed by atoms with van der Waals surface area (Å²) >= 11 is 0. The minimum atomic E-state index is -3.66. The van der Waals surface area contributed by atoms with Crippen molar-refractivity contribution in [2.24, 2.45) is 0 Å². The minimum Gasteiger partial charge on any atom is -0.228 e. The number of sulfonamides is 1. The van der Waals surface area contributed by atoms with Crippen molar-refractivity contribution in [3.8, 4) is 0 Å². The van der Waals surface area contributed by atoms with Crippen molar-refractivity contribution in [1.82, 2.24) is 4.31 Å². The zero-order valence-electron chi connectivity index (χ0n) is 15.0. The molecule has 1 aliphatic heterocycles. The van der Waals surface area contributed by atoms with Gasteiger partial charge in [-0.25, -0.2) is 25.5 Å². The third-order valence-corrected chi connectivity index (χ3v) is 8.77. The van der Waals surface area contributed by atoms with Gasteiger partial charge in [0.25, 0.3) is 0 Å². The Bertz CT molecular complexity index is 1020. The monoisotopic (exact) mass is 411 g/mol. The van der Waals surface area contributed by atoms with Crippen LogP contribution in [0.4, 0.5) is 4.39 Å². The molecule has 0 spiro atoms. The fourth-order valence-corrected chi connectivity index (χ4v) is 6.74. The largest absolute Gasteiger partial charge is 0.228 e. The van der Waals surface area contributed by atoms with E-state index in [1.807, 2.05) is 19.1 Å². The van der Waals surface area contributed by atoms with E-state index in [0.717, 1.165) is 5.56 Å². The Morgan fingerprint density at radius 2 is 1.74 bits per heavy atom. The van der Waals surface area contributed by atoms with Gasteiger partial charge in [0, 0.05) is 18.7 Å². The molecule has 0 amide bonds. The minimum absolute atomic E-state index is 0.0381.